The van der Waals surface area contributed by atoms with Gasteiger partial charge in [-0.15, -0.1) is 0 Å². The van der Waals surface area contributed by atoms with Crippen LogP contribution >= 0.6 is 0 Å². The summed E-state index contributed by atoms with van der Waals surface area (Å²) >= 11 is 0. The summed E-state index contributed by atoms with van der Waals surface area (Å²) in [6.45, 7) is 8.49. The van der Waals surface area contributed by atoms with Crippen molar-refractivity contribution in [1.82, 2.24) is 0 Å². The summed E-state index contributed by atoms with van der Waals surface area (Å²) in [5.74, 6) is -0.573. The van der Waals surface area contributed by atoms with Gasteiger partial charge in [0.15, 0.2) is 0 Å². The average molecular weight is 160 g/mol. The standard InChI is InChI=1S/C7H8F2.C2H6/c1-6(5-8)3-4-7(2)9;1-2/h3-5H,2H2,1H3;1-2H3/b4-3-,6-5+;. The van der Waals surface area contributed by atoms with E-state index in [9.17, 15) is 8.78 Å². The fourth-order valence-electron chi connectivity index (χ4n) is 0.258. The molecule has 11 heavy (non-hydrogen) atoms. The second-order valence-corrected chi connectivity index (χ2v) is 1.63. The molecule has 0 N–H and O–H groups in total. The molecule has 0 unspecified atom stereocenters. The maximum atomic E-state index is 11.8. The van der Waals surface area contributed by atoms with Crippen molar-refractivity contribution in [2.45, 2.75) is 20.8 Å². The first-order chi connectivity index (χ1) is 5.16. The third-order valence-corrected chi connectivity index (χ3v) is 0.699. The highest BCUT2D eigenvalue weighted by atomic mass is 19.1. The summed E-state index contributed by atoms with van der Waals surface area (Å²) in [5.41, 5.74) is 0.369. The van der Waals surface area contributed by atoms with Gasteiger partial charge in [0.1, 0.15) is 5.83 Å². The lowest BCUT2D eigenvalue weighted by Crippen LogP contribution is -1.64. The Balaban J connectivity index is 0. The van der Waals surface area contributed by atoms with Gasteiger partial charge >= 0.3 is 0 Å². The fourth-order valence-corrected chi connectivity index (χ4v) is 0.258. The Labute approximate surface area is 66.9 Å². The minimum absolute atomic E-state index is 0.369. The SMILES string of the molecule is C=C(F)/C=C\C(C)=C\F.CC. The van der Waals surface area contributed by atoms with Gasteiger partial charge in [-0.3, -0.25) is 0 Å². The minimum Gasteiger partial charge on any atom is -0.215 e. The molecule has 0 aromatic rings. The van der Waals surface area contributed by atoms with Gasteiger partial charge < -0.3 is 0 Å². The van der Waals surface area contributed by atoms with Crippen molar-refractivity contribution in [3.05, 3.63) is 36.5 Å². The first-order valence-electron chi connectivity index (χ1n) is 3.46. The second-order valence-electron chi connectivity index (χ2n) is 1.63. The first kappa shape index (κ1) is 12.7. The molecule has 0 aliphatic rings. The van der Waals surface area contributed by atoms with E-state index < -0.39 is 5.83 Å². The predicted molar refractivity (Wildman–Crippen MR) is 45.6 cm³/mol. The summed E-state index contributed by atoms with van der Waals surface area (Å²) in [4.78, 5) is 0. The first-order valence-corrected chi connectivity index (χ1v) is 3.46. The zero-order valence-electron chi connectivity index (χ0n) is 7.20. The van der Waals surface area contributed by atoms with Crippen molar-refractivity contribution >= 4 is 0 Å². The van der Waals surface area contributed by atoms with Crippen LogP contribution < -0.4 is 0 Å². The smallest absolute Gasteiger partial charge is 0.116 e. The largest absolute Gasteiger partial charge is 0.215 e. The summed E-state index contributed by atoms with van der Waals surface area (Å²) in [6.07, 6.45) is 2.81. The molecule has 0 rings (SSSR count). The van der Waals surface area contributed by atoms with Crippen molar-refractivity contribution in [1.29, 1.82) is 0 Å². The molecule has 0 heterocycles. The number of hydrogen-bond donors (Lipinski definition) is 0. The number of hydrogen-bond acceptors (Lipinski definition) is 0. The van der Waals surface area contributed by atoms with Crippen molar-refractivity contribution in [2.75, 3.05) is 0 Å². The van der Waals surface area contributed by atoms with E-state index in [4.69, 9.17) is 0 Å². The lowest BCUT2D eigenvalue weighted by molar-refractivity contribution is 0.671. The van der Waals surface area contributed by atoms with Crippen molar-refractivity contribution in [3.8, 4) is 0 Å². The molecule has 0 aromatic heterocycles. The predicted octanol–water partition coefficient (Wildman–Crippen LogP) is 3.93. The minimum atomic E-state index is -0.573. The molecular formula is C9H14F2. The fraction of sp³-hybridized carbons (Fsp3) is 0.333. The highest BCUT2D eigenvalue weighted by Gasteiger charge is 1.80. The highest BCUT2D eigenvalue weighted by molar-refractivity contribution is 5.19. The summed E-state index contributed by atoms with van der Waals surface area (Å²) in [5, 5.41) is 0. The molecule has 0 saturated carbocycles. The third kappa shape index (κ3) is 12.3. The van der Waals surface area contributed by atoms with E-state index in [2.05, 4.69) is 6.58 Å². The van der Waals surface area contributed by atoms with E-state index in [0.717, 1.165) is 6.08 Å². The van der Waals surface area contributed by atoms with Crippen LogP contribution in [-0.4, -0.2) is 0 Å². The molecule has 0 atom stereocenters. The third-order valence-electron chi connectivity index (χ3n) is 0.699. The maximum absolute atomic E-state index is 11.8. The number of halogens is 2. The number of rotatable bonds is 2. The van der Waals surface area contributed by atoms with E-state index in [1.807, 2.05) is 13.8 Å². The quantitative estimate of drug-likeness (QED) is 0.537. The van der Waals surface area contributed by atoms with Gasteiger partial charge in [-0.05, 0) is 18.6 Å². The number of allylic oxidation sites excluding steroid dienone is 4. The van der Waals surface area contributed by atoms with E-state index in [1.54, 1.807) is 0 Å². The molecule has 0 amide bonds. The van der Waals surface area contributed by atoms with Crippen LogP contribution in [0.2, 0.25) is 0 Å². The van der Waals surface area contributed by atoms with Crippen LogP contribution in [0.25, 0.3) is 0 Å². The Bertz CT molecular complexity index is 155. The van der Waals surface area contributed by atoms with Gasteiger partial charge in [-0.25, -0.2) is 8.78 Å². The van der Waals surface area contributed by atoms with Gasteiger partial charge in [0, 0.05) is 0 Å². The van der Waals surface area contributed by atoms with Gasteiger partial charge in [-0.1, -0.05) is 26.5 Å². The molecule has 0 nitrogen and oxygen atoms in total. The topological polar surface area (TPSA) is 0 Å². The molecule has 0 saturated heterocycles. The summed E-state index contributed by atoms with van der Waals surface area (Å²) in [6, 6.07) is 0. The van der Waals surface area contributed by atoms with Crippen LogP contribution in [0.3, 0.4) is 0 Å². The molecule has 0 fully saturated rings. The van der Waals surface area contributed by atoms with Gasteiger partial charge in [-0.2, -0.15) is 0 Å². The van der Waals surface area contributed by atoms with E-state index in [-0.39, 0.29) is 0 Å². The van der Waals surface area contributed by atoms with E-state index >= 15 is 0 Å². The molecule has 0 bridgehead atoms. The molecule has 0 aliphatic heterocycles. The Hall–Kier alpha value is -0.920. The second kappa shape index (κ2) is 9.08. The Morgan fingerprint density at radius 3 is 2.00 bits per heavy atom. The van der Waals surface area contributed by atoms with Crippen LogP contribution in [-0.2, 0) is 0 Å². The van der Waals surface area contributed by atoms with Crippen LogP contribution in [0.5, 0.6) is 0 Å². The molecule has 0 aromatic carbocycles. The molecular weight excluding hydrogens is 146 g/mol. The van der Waals surface area contributed by atoms with E-state index in [0.29, 0.717) is 11.9 Å². The molecule has 64 valence electrons. The van der Waals surface area contributed by atoms with Crippen LogP contribution in [0.15, 0.2) is 36.5 Å². The summed E-state index contributed by atoms with van der Waals surface area (Å²) in [7, 11) is 0. The molecule has 0 spiro atoms. The zero-order valence-corrected chi connectivity index (χ0v) is 7.20. The average Bonchev–Trinajstić information content (AvgIpc) is 2.04. The van der Waals surface area contributed by atoms with Crippen LogP contribution in [0.4, 0.5) is 8.78 Å². The van der Waals surface area contributed by atoms with Crippen LogP contribution in [0.1, 0.15) is 20.8 Å². The zero-order chi connectivity index (χ0) is 9.28. The van der Waals surface area contributed by atoms with Crippen molar-refractivity contribution in [2.24, 2.45) is 0 Å². The molecule has 0 radical (unpaired) electrons. The normalized spacial score (nSPS) is 10.8. The Morgan fingerprint density at radius 2 is 1.73 bits per heavy atom. The van der Waals surface area contributed by atoms with Gasteiger partial charge in [0.05, 0.1) is 6.33 Å². The van der Waals surface area contributed by atoms with Gasteiger partial charge in [0.25, 0.3) is 0 Å². The Kier molecular flexibility index (Phi) is 10.5. The van der Waals surface area contributed by atoms with E-state index in [1.165, 1.54) is 13.0 Å². The maximum Gasteiger partial charge on any atom is 0.116 e. The van der Waals surface area contributed by atoms with Gasteiger partial charge in [0.2, 0.25) is 0 Å². The van der Waals surface area contributed by atoms with Crippen molar-refractivity contribution < 1.29 is 8.78 Å². The molecule has 2 heteroatoms. The lowest BCUT2D eigenvalue weighted by Gasteiger charge is -1.82. The highest BCUT2D eigenvalue weighted by Crippen LogP contribution is 1.99. The Morgan fingerprint density at radius 1 is 1.27 bits per heavy atom. The lowest BCUT2D eigenvalue weighted by atomic mass is 10.3. The van der Waals surface area contributed by atoms with Crippen LogP contribution in [0, 0.1) is 0 Å². The van der Waals surface area contributed by atoms with Crippen molar-refractivity contribution in [3.63, 3.8) is 0 Å². The molecule has 0 aliphatic carbocycles. The summed E-state index contributed by atoms with van der Waals surface area (Å²) < 4.78 is 23.2. The monoisotopic (exact) mass is 160 g/mol.